The zero-order chi connectivity index (χ0) is 11.7. The Morgan fingerprint density at radius 2 is 1.80 bits per heavy atom. The summed E-state index contributed by atoms with van der Waals surface area (Å²) < 4.78 is 4.54. The van der Waals surface area contributed by atoms with Crippen molar-refractivity contribution >= 4 is 6.29 Å². The summed E-state index contributed by atoms with van der Waals surface area (Å²) in [6.45, 7) is 2.78. The topological polar surface area (TPSA) is 78.3 Å². The Morgan fingerprint density at radius 1 is 1.33 bits per heavy atom. The van der Waals surface area contributed by atoms with E-state index in [1.165, 1.54) is 0 Å². The van der Waals surface area contributed by atoms with E-state index in [2.05, 4.69) is 4.74 Å². The van der Waals surface area contributed by atoms with Gasteiger partial charge in [0.1, 0.15) is 6.29 Å². The van der Waals surface area contributed by atoms with E-state index in [1.54, 1.807) is 31.4 Å². The second-order valence-electron chi connectivity index (χ2n) is 2.89. The van der Waals surface area contributed by atoms with Gasteiger partial charge in [-0.1, -0.05) is 24.3 Å². The zero-order valence-electron chi connectivity index (χ0n) is 9.14. The number of carbonyl (C=O) groups is 1. The Bertz CT molecular complexity index is 268. The van der Waals surface area contributed by atoms with Crippen LogP contribution in [-0.2, 0) is 4.74 Å². The van der Waals surface area contributed by atoms with E-state index in [4.69, 9.17) is 11.5 Å². The highest BCUT2D eigenvalue weighted by Crippen LogP contribution is 2.05. The van der Waals surface area contributed by atoms with Crippen molar-refractivity contribution in [1.29, 1.82) is 0 Å². The summed E-state index contributed by atoms with van der Waals surface area (Å²) in [5.74, 6) is 0. The number of benzene rings is 1. The molecule has 1 aromatic carbocycles. The van der Waals surface area contributed by atoms with Gasteiger partial charge in [0.05, 0.1) is 6.17 Å². The molecule has 0 aliphatic heterocycles. The Kier molecular flexibility index (Phi) is 7.44. The van der Waals surface area contributed by atoms with Crippen LogP contribution in [0.25, 0.3) is 0 Å². The maximum Gasteiger partial charge on any atom is 0.150 e. The van der Waals surface area contributed by atoms with Crippen molar-refractivity contribution in [3.05, 3.63) is 35.4 Å². The molecule has 0 amide bonds. The molecule has 1 rings (SSSR count). The largest absolute Gasteiger partial charge is 0.385 e. The summed E-state index contributed by atoms with van der Waals surface area (Å²) in [6, 6.07) is 6.87. The lowest BCUT2D eigenvalue weighted by molar-refractivity contribution is 0.112. The molecule has 84 valence electrons. The number of rotatable bonds is 3. The molecule has 4 nitrogen and oxygen atoms in total. The lowest BCUT2D eigenvalue weighted by Gasteiger charge is -2.03. The zero-order valence-corrected chi connectivity index (χ0v) is 9.14. The Morgan fingerprint density at radius 3 is 2.07 bits per heavy atom. The number of carbonyl (C=O) groups excluding carboxylic acids is 1. The SMILES string of the molecule is CCOC.NC(N)c1ccc(C=O)cc1. The number of ether oxygens (including phenoxy) is 1. The highest BCUT2D eigenvalue weighted by molar-refractivity contribution is 5.74. The van der Waals surface area contributed by atoms with E-state index in [0.717, 1.165) is 18.5 Å². The first-order valence-corrected chi connectivity index (χ1v) is 4.71. The fourth-order valence-corrected chi connectivity index (χ4v) is 0.797. The van der Waals surface area contributed by atoms with Gasteiger partial charge in [0.25, 0.3) is 0 Å². The standard InChI is InChI=1S/C8H10N2O.C3H8O/c9-8(10)7-3-1-6(5-11)2-4-7;1-3-4-2/h1-5,8H,9-10H2;3H2,1-2H3. The molecule has 0 bridgehead atoms. The van der Waals surface area contributed by atoms with Gasteiger partial charge in [-0.25, -0.2) is 0 Å². The Balaban J connectivity index is 0.000000423. The molecule has 0 aromatic heterocycles. The maximum absolute atomic E-state index is 10.2. The molecule has 1 aromatic rings. The fraction of sp³-hybridized carbons (Fsp3) is 0.364. The number of hydrogen-bond acceptors (Lipinski definition) is 4. The minimum atomic E-state index is -0.462. The van der Waals surface area contributed by atoms with E-state index in [1.807, 2.05) is 6.92 Å². The minimum Gasteiger partial charge on any atom is -0.385 e. The van der Waals surface area contributed by atoms with Gasteiger partial charge in [-0.05, 0) is 12.5 Å². The van der Waals surface area contributed by atoms with Crippen LogP contribution >= 0.6 is 0 Å². The molecule has 0 spiro atoms. The van der Waals surface area contributed by atoms with Crippen molar-refractivity contribution in [3.63, 3.8) is 0 Å². The van der Waals surface area contributed by atoms with Crippen LogP contribution in [0.4, 0.5) is 0 Å². The highest BCUT2D eigenvalue weighted by atomic mass is 16.5. The molecule has 0 aliphatic rings. The maximum atomic E-state index is 10.2. The molecule has 0 atom stereocenters. The first-order chi connectivity index (χ1) is 7.15. The summed E-state index contributed by atoms with van der Waals surface area (Å²) in [5.41, 5.74) is 12.3. The van der Waals surface area contributed by atoms with Crippen molar-refractivity contribution in [3.8, 4) is 0 Å². The summed E-state index contributed by atoms with van der Waals surface area (Å²) >= 11 is 0. The summed E-state index contributed by atoms with van der Waals surface area (Å²) in [5, 5.41) is 0. The van der Waals surface area contributed by atoms with Crippen LogP contribution in [-0.4, -0.2) is 20.0 Å². The van der Waals surface area contributed by atoms with E-state index in [-0.39, 0.29) is 0 Å². The van der Waals surface area contributed by atoms with Gasteiger partial charge in [-0.3, -0.25) is 4.79 Å². The number of methoxy groups -OCH3 is 1. The van der Waals surface area contributed by atoms with Crippen molar-refractivity contribution in [2.45, 2.75) is 13.1 Å². The number of nitrogens with two attached hydrogens (primary N) is 2. The molecule has 0 fully saturated rings. The second-order valence-corrected chi connectivity index (χ2v) is 2.89. The Hall–Kier alpha value is -1.23. The van der Waals surface area contributed by atoms with Gasteiger partial charge in [-0.15, -0.1) is 0 Å². The lowest BCUT2D eigenvalue weighted by atomic mass is 10.1. The summed E-state index contributed by atoms with van der Waals surface area (Å²) in [7, 11) is 1.68. The van der Waals surface area contributed by atoms with Crippen LogP contribution in [0.15, 0.2) is 24.3 Å². The molecule has 0 aliphatic carbocycles. The van der Waals surface area contributed by atoms with Gasteiger partial charge in [0.15, 0.2) is 0 Å². The minimum absolute atomic E-state index is 0.462. The molecule has 0 saturated heterocycles. The highest BCUT2D eigenvalue weighted by Gasteiger charge is 1.97. The van der Waals surface area contributed by atoms with Crippen molar-refractivity contribution < 1.29 is 9.53 Å². The Labute approximate surface area is 90.2 Å². The average Bonchev–Trinajstić information content (AvgIpc) is 2.29. The first-order valence-electron chi connectivity index (χ1n) is 4.71. The first kappa shape index (κ1) is 13.8. The monoisotopic (exact) mass is 210 g/mol. The molecule has 0 heterocycles. The van der Waals surface area contributed by atoms with Gasteiger partial charge < -0.3 is 16.2 Å². The lowest BCUT2D eigenvalue weighted by Crippen LogP contribution is -2.19. The normalized spacial score (nSPS) is 9.40. The quantitative estimate of drug-likeness (QED) is 0.577. The molecular weight excluding hydrogens is 192 g/mol. The van der Waals surface area contributed by atoms with Crippen LogP contribution in [0.1, 0.15) is 29.0 Å². The van der Waals surface area contributed by atoms with Crippen molar-refractivity contribution in [2.75, 3.05) is 13.7 Å². The van der Waals surface area contributed by atoms with Crippen molar-refractivity contribution in [1.82, 2.24) is 0 Å². The molecule has 0 radical (unpaired) electrons. The number of aldehydes is 1. The smallest absolute Gasteiger partial charge is 0.150 e. The van der Waals surface area contributed by atoms with Crippen molar-refractivity contribution in [2.24, 2.45) is 11.5 Å². The molecule has 4 N–H and O–H groups in total. The van der Waals surface area contributed by atoms with E-state index in [0.29, 0.717) is 5.56 Å². The van der Waals surface area contributed by atoms with Crippen LogP contribution in [0.2, 0.25) is 0 Å². The van der Waals surface area contributed by atoms with E-state index >= 15 is 0 Å². The fourth-order valence-electron chi connectivity index (χ4n) is 0.797. The predicted octanol–water partition coefficient (Wildman–Crippen LogP) is 1.07. The third-order valence-electron chi connectivity index (χ3n) is 1.75. The van der Waals surface area contributed by atoms with Crippen LogP contribution in [0, 0.1) is 0 Å². The van der Waals surface area contributed by atoms with Gasteiger partial charge in [-0.2, -0.15) is 0 Å². The third kappa shape index (κ3) is 5.96. The summed E-state index contributed by atoms with van der Waals surface area (Å²) in [6.07, 6.45) is 0.321. The molecular formula is C11H18N2O2. The van der Waals surface area contributed by atoms with E-state index in [9.17, 15) is 4.79 Å². The van der Waals surface area contributed by atoms with Gasteiger partial charge in [0.2, 0.25) is 0 Å². The van der Waals surface area contributed by atoms with Gasteiger partial charge >= 0.3 is 0 Å². The molecule has 15 heavy (non-hydrogen) atoms. The molecule has 0 saturated carbocycles. The van der Waals surface area contributed by atoms with Crippen LogP contribution < -0.4 is 11.5 Å². The second kappa shape index (κ2) is 8.11. The van der Waals surface area contributed by atoms with Crippen LogP contribution in [0.5, 0.6) is 0 Å². The summed E-state index contributed by atoms with van der Waals surface area (Å²) in [4.78, 5) is 10.2. The third-order valence-corrected chi connectivity index (χ3v) is 1.75. The average molecular weight is 210 g/mol. The molecule has 0 unspecified atom stereocenters. The van der Waals surface area contributed by atoms with Crippen LogP contribution in [0.3, 0.4) is 0 Å². The molecule has 4 heteroatoms. The van der Waals surface area contributed by atoms with E-state index < -0.39 is 6.17 Å². The van der Waals surface area contributed by atoms with Gasteiger partial charge in [0, 0.05) is 19.3 Å². The predicted molar refractivity (Wildman–Crippen MR) is 60.5 cm³/mol. The number of hydrogen-bond donors (Lipinski definition) is 2.